The van der Waals surface area contributed by atoms with Gasteiger partial charge in [-0.1, -0.05) is 80.0 Å². The standard InChI is InChI=1S/C40H64O8/c1-12-22(3)33(45)47-31-32(48-34(46)23(4)13-2)40(21-41)25(20-35(31,5)6)24-14-15-27-37(9)18-17-28(42)36(7,8)26(37)16-19-38(27,10)39(24,11)29(43)30(40)44/h12,14,23,25-32,41-44H,13,15-21H2,1-11H3/b22-12-/t23?,25?,26?,27?,28-,29-,30+,31-,32-,37-,38+,39-,40-/m0/s1. The number of carbonyl (C=O) groups is 2. The summed E-state index contributed by atoms with van der Waals surface area (Å²) in [6.07, 6.45) is 3.88. The van der Waals surface area contributed by atoms with Crippen LogP contribution in [0, 0.1) is 56.2 Å². The summed E-state index contributed by atoms with van der Waals surface area (Å²) >= 11 is 0. The molecule has 0 aliphatic heterocycles. The summed E-state index contributed by atoms with van der Waals surface area (Å²) in [7, 11) is 0. The highest BCUT2D eigenvalue weighted by molar-refractivity contribution is 5.87. The highest BCUT2D eigenvalue weighted by atomic mass is 16.6. The van der Waals surface area contributed by atoms with Crippen LogP contribution in [0.15, 0.2) is 23.3 Å². The summed E-state index contributed by atoms with van der Waals surface area (Å²) in [6.45, 7) is 21.8. The molecule has 0 saturated heterocycles. The number of fused-ring (bicyclic) bond motifs is 7. The van der Waals surface area contributed by atoms with Gasteiger partial charge in [-0.15, -0.1) is 0 Å². The third-order valence-electron chi connectivity index (χ3n) is 15.7. The zero-order chi connectivity index (χ0) is 36.0. The number of allylic oxidation sites excluding steroid dienone is 2. The molecule has 48 heavy (non-hydrogen) atoms. The van der Waals surface area contributed by atoms with Crippen LogP contribution in [0.1, 0.15) is 121 Å². The summed E-state index contributed by atoms with van der Waals surface area (Å²) in [5.74, 6) is -1.39. The van der Waals surface area contributed by atoms with Gasteiger partial charge in [-0.05, 0) is 92.8 Å². The molecule has 0 bridgehead atoms. The Morgan fingerprint density at radius 1 is 0.958 bits per heavy atom. The number of aliphatic hydroxyl groups excluding tert-OH is 4. The molecule has 0 spiro atoms. The van der Waals surface area contributed by atoms with E-state index in [2.05, 4.69) is 40.7 Å². The summed E-state index contributed by atoms with van der Waals surface area (Å²) in [5.41, 5.74) is -2.30. The lowest BCUT2D eigenvalue weighted by Gasteiger charge is -2.73. The lowest BCUT2D eigenvalue weighted by atomic mass is 9.32. The molecule has 272 valence electrons. The molecule has 5 rings (SSSR count). The molecule has 4 unspecified atom stereocenters. The minimum absolute atomic E-state index is 0.0684. The average molecular weight is 673 g/mol. The van der Waals surface area contributed by atoms with E-state index in [1.165, 1.54) is 0 Å². The van der Waals surface area contributed by atoms with Crippen LogP contribution in [-0.2, 0) is 19.1 Å². The van der Waals surface area contributed by atoms with E-state index in [9.17, 15) is 30.0 Å². The third-order valence-corrected chi connectivity index (χ3v) is 15.7. The number of hydrogen-bond donors (Lipinski definition) is 4. The van der Waals surface area contributed by atoms with Crippen molar-refractivity contribution in [3.05, 3.63) is 23.3 Å². The lowest BCUT2D eigenvalue weighted by Crippen LogP contribution is -2.76. The second-order valence-corrected chi connectivity index (χ2v) is 18.4. The topological polar surface area (TPSA) is 134 Å². The summed E-state index contributed by atoms with van der Waals surface area (Å²) in [6, 6.07) is 0. The van der Waals surface area contributed by atoms with Crippen molar-refractivity contribution in [1.82, 2.24) is 0 Å². The van der Waals surface area contributed by atoms with Gasteiger partial charge in [-0.25, -0.2) is 4.79 Å². The first kappa shape index (κ1) is 37.5. The van der Waals surface area contributed by atoms with Gasteiger partial charge in [0.2, 0.25) is 0 Å². The van der Waals surface area contributed by atoms with E-state index >= 15 is 0 Å². The highest BCUT2D eigenvalue weighted by Gasteiger charge is 2.76. The van der Waals surface area contributed by atoms with Crippen LogP contribution in [0.4, 0.5) is 0 Å². The molecule has 8 nitrogen and oxygen atoms in total. The van der Waals surface area contributed by atoms with Gasteiger partial charge in [0.1, 0.15) is 6.10 Å². The Kier molecular flexibility index (Phi) is 9.53. The molecule has 4 fully saturated rings. The molecular formula is C40H64O8. The Hall–Kier alpha value is -1.74. The molecule has 8 heteroatoms. The predicted molar refractivity (Wildman–Crippen MR) is 184 cm³/mol. The number of aliphatic hydroxyl groups is 4. The average Bonchev–Trinajstić information content (AvgIpc) is 3.03. The fourth-order valence-electron chi connectivity index (χ4n) is 12.0. The Balaban J connectivity index is 1.68. The van der Waals surface area contributed by atoms with Gasteiger partial charge >= 0.3 is 11.9 Å². The van der Waals surface area contributed by atoms with Crippen LogP contribution in [0.3, 0.4) is 0 Å². The van der Waals surface area contributed by atoms with Crippen LogP contribution in [0.2, 0.25) is 0 Å². The van der Waals surface area contributed by atoms with Crippen LogP contribution >= 0.6 is 0 Å². The molecule has 4 saturated carbocycles. The Morgan fingerprint density at radius 3 is 2.19 bits per heavy atom. The van der Waals surface area contributed by atoms with Gasteiger partial charge in [-0.3, -0.25) is 4.79 Å². The van der Waals surface area contributed by atoms with Crippen molar-refractivity contribution in [1.29, 1.82) is 0 Å². The molecule has 5 aliphatic carbocycles. The molecule has 0 amide bonds. The van der Waals surface area contributed by atoms with Crippen LogP contribution in [0.5, 0.6) is 0 Å². The van der Waals surface area contributed by atoms with Crippen molar-refractivity contribution >= 4 is 11.9 Å². The lowest BCUT2D eigenvalue weighted by molar-refractivity contribution is -0.293. The van der Waals surface area contributed by atoms with Crippen LogP contribution < -0.4 is 0 Å². The van der Waals surface area contributed by atoms with E-state index in [4.69, 9.17) is 9.47 Å². The molecule has 13 atom stereocenters. The van der Waals surface area contributed by atoms with Crippen molar-refractivity contribution in [2.45, 2.75) is 152 Å². The maximum Gasteiger partial charge on any atom is 0.333 e. The smallest absolute Gasteiger partial charge is 0.333 e. The second-order valence-electron chi connectivity index (χ2n) is 18.4. The molecule has 5 aliphatic rings. The third kappa shape index (κ3) is 4.88. The molecule has 0 heterocycles. The van der Waals surface area contributed by atoms with Gasteiger partial charge in [0.15, 0.2) is 6.10 Å². The van der Waals surface area contributed by atoms with E-state index in [0.29, 0.717) is 24.3 Å². The normalized spacial score (nSPS) is 46.9. The van der Waals surface area contributed by atoms with E-state index in [1.807, 2.05) is 20.8 Å². The Bertz CT molecular complexity index is 1350. The van der Waals surface area contributed by atoms with Crippen molar-refractivity contribution in [3.63, 3.8) is 0 Å². The SMILES string of the molecule is C/C=C(/C)C(=O)O[C@H]1[C@H](OC(=O)C(C)CC)[C@@]2(CO)C(CC1(C)C)C1=CCC3[C@@]4(C)CC[C@H](O)C(C)(C)C4CC[C@@]3(C)[C@]1(C)[C@@H](O)[C@H]2O. The largest absolute Gasteiger partial charge is 0.457 e. The fraction of sp³-hybridized carbons (Fsp3) is 0.850. The number of ether oxygens (including phenoxy) is 2. The van der Waals surface area contributed by atoms with Crippen molar-refractivity contribution < 1.29 is 39.5 Å². The quantitative estimate of drug-likeness (QED) is 0.150. The van der Waals surface area contributed by atoms with Gasteiger partial charge in [0, 0.05) is 16.4 Å². The minimum atomic E-state index is -1.50. The van der Waals surface area contributed by atoms with E-state index < -0.39 is 71.0 Å². The van der Waals surface area contributed by atoms with E-state index in [1.54, 1.807) is 26.8 Å². The first-order valence-corrected chi connectivity index (χ1v) is 18.6. The maximum atomic E-state index is 13.6. The number of esters is 2. The first-order valence-electron chi connectivity index (χ1n) is 18.6. The monoisotopic (exact) mass is 672 g/mol. The number of hydrogen-bond acceptors (Lipinski definition) is 8. The fourth-order valence-corrected chi connectivity index (χ4v) is 12.0. The van der Waals surface area contributed by atoms with Gasteiger partial charge in [0.25, 0.3) is 0 Å². The van der Waals surface area contributed by atoms with Crippen molar-refractivity contribution in [2.24, 2.45) is 56.2 Å². The van der Waals surface area contributed by atoms with Gasteiger partial charge in [0.05, 0.1) is 36.3 Å². The highest BCUT2D eigenvalue weighted by Crippen LogP contribution is 2.76. The minimum Gasteiger partial charge on any atom is -0.457 e. The molecular weight excluding hydrogens is 608 g/mol. The molecule has 0 aromatic carbocycles. The Labute approximate surface area is 288 Å². The van der Waals surface area contributed by atoms with Gasteiger partial charge in [-0.2, -0.15) is 0 Å². The number of carbonyl (C=O) groups excluding carboxylic acids is 2. The molecule has 0 radical (unpaired) electrons. The van der Waals surface area contributed by atoms with Gasteiger partial charge < -0.3 is 29.9 Å². The Morgan fingerprint density at radius 2 is 1.60 bits per heavy atom. The summed E-state index contributed by atoms with van der Waals surface area (Å²) < 4.78 is 12.5. The zero-order valence-electron chi connectivity index (χ0n) is 31.4. The zero-order valence-corrected chi connectivity index (χ0v) is 31.4. The van der Waals surface area contributed by atoms with E-state index in [-0.39, 0.29) is 28.3 Å². The van der Waals surface area contributed by atoms with Crippen LogP contribution in [0.25, 0.3) is 0 Å². The molecule has 0 aromatic heterocycles. The van der Waals surface area contributed by atoms with E-state index in [0.717, 1.165) is 37.7 Å². The summed E-state index contributed by atoms with van der Waals surface area (Å²) in [5, 5.41) is 47.8. The molecule has 4 N–H and O–H groups in total. The summed E-state index contributed by atoms with van der Waals surface area (Å²) in [4.78, 5) is 26.9. The first-order chi connectivity index (χ1) is 22.2. The predicted octanol–water partition coefficient (Wildman–Crippen LogP) is 6.14. The van der Waals surface area contributed by atoms with Crippen molar-refractivity contribution in [2.75, 3.05) is 6.61 Å². The van der Waals surface area contributed by atoms with Crippen LogP contribution in [-0.4, -0.2) is 69.5 Å². The van der Waals surface area contributed by atoms with Crippen molar-refractivity contribution in [3.8, 4) is 0 Å². The maximum absolute atomic E-state index is 13.6. The second kappa shape index (κ2) is 12.2. The molecule has 0 aromatic rings. The number of rotatable bonds is 6.